The van der Waals surface area contributed by atoms with Crippen LogP contribution in [0.1, 0.15) is 44.7 Å². The molecule has 0 aliphatic carbocycles. The zero-order valence-corrected chi connectivity index (χ0v) is 13.4. The molecule has 1 heterocycles. The van der Waals surface area contributed by atoms with Crippen molar-refractivity contribution in [2.24, 2.45) is 0 Å². The number of hydrogen-bond acceptors (Lipinski definition) is 4. The topological polar surface area (TPSA) is 44.7 Å². The van der Waals surface area contributed by atoms with Gasteiger partial charge in [0.15, 0.2) is 11.5 Å². The number of ether oxygens (including phenoxy) is 1. The van der Waals surface area contributed by atoms with Gasteiger partial charge < -0.3 is 20.1 Å². The normalized spacial score (nSPS) is 19.2. The molecule has 1 saturated heterocycles. The minimum Gasteiger partial charge on any atom is -0.504 e. The molecule has 0 aromatic heterocycles. The van der Waals surface area contributed by atoms with E-state index >= 15 is 0 Å². The average molecular weight is 292 g/mol. The van der Waals surface area contributed by atoms with Crippen LogP contribution in [0.3, 0.4) is 0 Å². The Hall–Kier alpha value is -1.26. The highest BCUT2D eigenvalue weighted by atomic mass is 16.5. The lowest BCUT2D eigenvalue weighted by Gasteiger charge is -2.30. The fourth-order valence-electron chi connectivity index (χ4n) is 3.07. The van der Waals surface area contributed by atoms with Crippen molar-refractivity contribution in [2.75, 3.05) is 26.7 Å². The predicted octanol–water partition coefficient (Wildman–Crippen LogP) is 2.93. The lowest BCUT2D eigenvalue weighted by Crippen LogP contribution is -2.42. The molecular weight excluding hydrogens is 264 g/mol. The van der Waals surface area contributed by atoms with Crippen molar-refractivity contribution in [3.05, 3.63) is 23.8 Å². The molecular formula is C17H28N2O2. The van der Waals surface area contributed by atoms with Crippen LogP contribution in [0.2, 0.25) is 0 Å². The maximum Gasteiger partial charge on any atom is 0.160 e. The molecule has 0 saturated carbocycles. The van der Waals surface area contributed by atoms with Crippen LogP contribution in [0.5, 0.6) is 11.5 Å². The maximum atomic E-state index is 9.66. The van der Waals surface area contributed by atoms with Gasteiger partial charge in [-0.25, -0.2) is 0 Å². The highest BCUT2D eigenvalue weighted by Gasteiger charge is 2.16. The van der Waals surface area contributed by atoms with E-state index in [1.54, 1.807) is 13.2 Å². The van der Waals surface area contributed by atoms with E-state index in [2.05, 4.69) is 24.1 Å². The molecule has 0 amide bonds. The zero-order chi connectivity index (χ0) is 15.2. The largest absolute Gasteiger partial charge is 0.504 e. The van der Waals surface area contributed by atoms with E-state index in [4.69, 9.17) is 4.74 Å². The number of rotatable bonds is 6. The van der Waals surface area contributed by atoms with Crippen molar-refractivity contribution >= 4 is 0 Å². The smallest absolute Gasteiger partial charge is 0.160 e. The highest BCUT2D eigenvalue weighted by molar-refractivity contribution is 5.42. The molecule has 1 aromatic rings. The van der Waals surface area contributed by atoms with E-state index in [0.29, 0.717) is 11.8 Å². The average Bonchev–Trinajstić information content (AvgIpc) is 2.48. The fraction of sp³-hybridized carbons (Fsp3) is 0.647. The standard InChI is InChI=1S/C17H28N2O2/c1-13(12-19-9-5-4-6-10-19)18-14(2)15-7-8-16(20)17(11-15)21-3/h7-8,11,13-14,18,20H,4-6,9-10,12H2,1-3H3. The summed E-state index contributed by atoms with van der Waals surface area (Å²) in [4.78, 5) is 2.55. The SMILES string of the molecule is COc1cc(C(C)NC(C)CN2CCCCC2)ccc1O. The summed E-state index contributed by atoms with van der Waals surface area (Å²) in [6.07, 6.45) is 4.04. The maximum absolute atomic E-state index is 9.66. The predicted molar refractivity (Wildman–Crippen MR) is 86.0 cm³/mol. The number of phenolic OH excluding ortho intramolecular Hbond substituents is 1. The summed E-state index contributed by atoms with van der Waals surface area (Å²) in [5.41, 5.74) is 1.13. The van der Waals surface area contributed by atoms with Crippen molar-refractivity contribution in [2.45, 2.75) is 45.2 Å². The first-order valence-corrected chi connectivity index (χ1v) is 7.95. The number of benzene rings is 1. The molecule has 0 spiro atoms. The number of aromatic hydroxyl groups is 1. The molecule has 4 nitrogen and oxygen atoms in total. The molecule has 1 aliphatic rings. The van der Waals surface area contributed by atoms with Gasteiger partial charge in [-0.1, -0.05) is 12.5 Å². The Morgan fingerprint density at radius 1 is 1.24 bits per heavy atom. The van der Waals surface area contributed by atoms with Gasteiger partial charge >= 0.3 is 0 Å². The zero-order valence-electron chi connectivity index (χ0n) is 13.4. The summed E-state index contributed by atoms with van der Waals surface area (Å²) >= 11 is 0. The molecule has 4 heteroatoms. The van der Waals surface area contributed by atoms with Crippen LogP contribution in [0.25, 0.3) is 0 Å². The minimum atomic E-state index is 0.190. The van der Waals surface area contributed by atoms with Crippen molar-refractivity contribution in [1.82, 2.24) is 10.2 Å². The van der Waals surface area contributed by atoms with Crippen LogP contribution in [0.4, 0.5) is 0 Å². The molecule has 2 rings (SSSR count). The van der Waals surface area contributed by atoms with E-state index in [1.807, 2.05) is 12.1 Å². The second-order valence-electron chi connectivity index (χ2n) is 6.08. The van der Waals surface area contributed by atoms with Gasteiger partial charge in [-0.05, 0) is 57.5 Å². The van der Waals surface area contributed by atoms with Gasteiger partial charge in [0.2, 0.25) is 0 Å². The van der Waals surface area contributed by atoms with Gasteiger partial charge in [0.05, 0.1) is 7.11 Å². The van der Waals surface area contributed by atoms with Gasteiger partial charge in [-0.3, -0.25) is 0 Å². The third-order valence-electron chi connectivity index (χ3n) is 4.22. The summed E-state index contributed by atoms with van der Waals surface area (Å²) in [6.45, 7) is 7.95. The minimum absolute atomic E-state index is 0.190. The van der Waals surface area contributed by atoms with Gasteiger partial charge in [-0.2, -0.15) is 0 Å². The van der Waals surface area contributed by atoms with Crippen molar-refractivity contribution in [3.8, 4) is 11.5 Å². The van der Waals surface area contributed by atoms with Crippen molar-refractivity contribution in [3.63, 3.8) is 0 Å². The van der Waals surface area contributed by atoms with Crippen LogP contribution < -0.4 is 10.1 Å². The molecule has 0 bridgehead atoms. The Kier molecular flexibility index (Phi) is 5.88. The summed E-state index contributed by atoms with van der Waals surface area (Å²) < 4.78 is 5.18. The molecule has 2 N–H and O–H groups in total. The quantitative estimate of drug-likeness (QED) is 0.846. The summed E-state index contributed by atoms with van der Waals surface area (Å²) in [7, 11) is 1.58. The van der Waals surface area contributed by atoms with E-state index < -0.39 is 0 Å². The van der Waals surface area contributed by atoms with Crippen LogP contribution in [-0.4, -0.2) is 42.8 Å². The number of hydrogen-bond donors (Lipinski definition) is 2. The van der Waals surface area contributed by atoms with Crippen molar-refractivity contribution in [1.29, 1.82) is 0 Å². The Morgan fingerprint density at radius 3 is 2.62 bits per heavy atom. The molecule has 1 aromatic carbocycles. The molecule has 21 heavy (non-hydrogen) atoms. The Bertz CT molecular complexity index is 444. The Balaban J connectivity index is 1.89. The van der Waals surface area contributed by atoms with E-state index in [-0.39, 0.29) is 11.8 Å². The number of phenols is 1. The lowest BCUT2D eigenvalue weighted by molar-refractivity contribution is 0.205. The third kappa shape index (κ3) is 4.61. The first kappa shape index (κ1) is 16.1. The Labute approximate surface area is 128 Å². The summed E-state index contributed by atoms with van der Waals surface area (Å²) in [5.74, 6) is 0.722. The van der Waals surface area contributed by atoms with E-state index in [1.165, 1.54) is 32.4 Å². The fourth-order valence-corrected chi connectivity index (χ4v) is 3.07. The van der Waals surface area contributed by atoms with E-state index in [9.17, 15) is 5.11 Å². The molecule has 0 radical (unpaired) electrons. The van der Waals surface area contributed by atoms with Crippen LogP contribution in [-0.2, 0) is 0 Å². The number of likely N-dealkylation sites (tertiary alicyclic amines) is 1. The number of nitrogens with one attached hydrogen (secondary N) is 1. The first-order chi connectivity index (χ1) is 10.1. The van der Waals surface area contributed by atoms with Crippen LogP contribution in [0.15, 0.2) is 18.2 Å². The van der Waals surface area contributed by atoms with Gasteiger partial charge in [0.25, 0.3) is 0 Å². The second-order valence-corrected chi connectivity index (χ2v) is 6.08. The molecule has 2 atom stereocenters. The van der Waals surface area contributed by atoms with Crippen LogP contribution >= 0.6 is 0 Å². The van der Waals surface area contributed by atoms with E-state index in [0.717, 1.165) is 12.1 Å². The van der Waals surface area contributed by atoms with Crippen molar-refractivity contribution < 1.29 is 9.84 Å². The lowest BCUT2D eigenvalue weighted by atomic mass is 10.1. The Morgan fingerprint density at radius 2 is 1.95 bits per heavy atom. The summed E-state index contributed by atoms with van der Waals surface area (Å²) in [6, 6.07) is 6.22. The highest BCUT2D eigenvalue weighted by Crippen LogP contribution is 2.28. The van der Waals surface area contributed by atoms with Gasteiger partial charge in [0, 0.05) is 18.6 Å². The van der Waals surface area contributed by atoms with Gasteiger partial charge in [-0.15, -0.1) is 0 Å². The van der Waals surface area contributed by atoms with Gasteiger partial charge in [0.1, 0.15) is 0 Å². The second kappa shape index (κ2) is 7.66. The molecule has 118 valence electrons. The number of methoxy groups -OCH3 is 1. The molecule has 1 fully saturated rings. The first-order valence-electron chi connectivity index (χ1n) is 7.95. The van der Waals surface area contributed by atoms with Crippen LogP contribution in [0, 0.1) is 0 Å². The molecule has 1 aliphatic heterocycles. The monoisotopic (exact) mass is 292 g/mol. The molecule has 2 unspecified atom stereocenters. The summed E-state index contributed by atoms with van der Waals surface area (Å²) in [5, 5.41) is 13.3. The third-order valence-corrected chi connectivity index (χ3v) is 4.22. The number of nitrogens with zero attached hydrogens (tertiary/aromatic N) is 1. The number of piperidine rings is 1.